The Morgan fingerprint density at radius 2 is 1.94 bits per heavy atom. The average molecular weight is 464 g/mol. The minimum Gasteiger partial charge on any atom is -0.486 e. The molecule has 0 spiro atoms. The number of hydrogen-bond donors (Lipinski definition) is 2. The van der Waals surface area contributed by atoms with Crippen LogP contribution in [0.4, 0.5) is 0 Å². The zero-order chi connectivity index (χ0) is 23.8. The summed E-state index contributed by atoms with van der Waals surface area (Å²) in [5.41, 5.74) is 3.41. The SMILES string of the molecule is CCc1c(C(=O)O)ccc2nc(C3CCCC(NC(=O)c4ccc5c(c4)OCCO5)C3)n(C)c12. The van der Waals surface area contributed by atoms with Crippen LogP contribution in [0.5, 0.6) is 11.5 Å². The molecule has 1 aliphatic carbocycles. The van der Waals surface area contributed by atoms with E-state index in [0.717, 1.165) is 48.1 Å². The molecule has 1 amide bonds. The lowest BCUT2D eigenvalue weighted by Crippen LogP contribution is -2.38. The molecular weight excluding hydrogens is 434 g/mol. The molecule has 2 aliphatic rings. The number of ether oxygens (including phenoxy) is 2. The maximum atomic E-state index is 13.0. The van der Waals surface area contributed by atoms with Gasteiger partial charge in [-0.05, 0) is 61.6 Å². The monoisotopic (exact) mass is 463 g/mol. The van der Waals surface area contributed by atoms with Gasteiger partial charge in [-0.3, -0.25) is 4.79 Å². The molecule has 2 atom stereocenters. The first-order valence-electron chi connectivity index (χ1n) is 11.9. The number of benzene rings is 2. The molecule has 2 heterocycles. The summed E-state index contributed by atoms with van der Waals surface area (Å²) in [6.45, 7) is 2.97. The van der Waals surface area contributed by atoms with Crippen LogP contribution in [0.15, 0.2) is 30.3 Å². The van der Waals surface area contributed by atoms with Gasteiger partial charge in [-0.2, -0.15) is 0 Å². The van der Waals surface area contributed by atoms with Crippen molar-refractivity contribution in [1.29, 1.82) is 0 Å². The van der Waals surface area contributed by atoms with Crippen molar-refractivity contribution in [3.05, 3.63) is 52.8 Å². The second-order valence-corrected chi connectivity index (χ2v) is 9.04. The van der Waals surface area contributed by atoms with Crippen LogP contribution in [-0.2, 0) is 13.5 Å². The Kier molecular flexibility index (Phi) is 5.89. The molecule has 2 N–H and O–H groups in total. The van der Waals surface area contributed by atoms with Gasteiger partial charge in [-0.25, -0.2) is 9.78 Å². The first-order chi connectivity index (χ1) is 16.5. The van der Waals surface area contributed by atoms with E-state index >= 15 is 0 Å². The van der Waals surface area contributed by atoms with E-state index in [1.165, 1.54) is 0 Å². The predicted molar refractivity (Wildman–Crippen MR) is 127 cm³/mol. The molecule has 34 heavy (non-hydrogen) atoms. The zero-order valence-corrected chi connectivity index (χ0v) is 19.5. The number of aryl methyl sites for hydroxylation is 2. The molecule has 1 aliphatic heterocycles. The highest BCUT2D eigenvalue weighted by atomic mass is 16.6. The number of carbonyl (C=O) groups is 2. The third kappa shape index (κ3) is 3.97. The van der Waals surface area contributed by atoms with E-state index in [1.807, 2.05) is 14.0 Å². The minimum absolute atomic E-state index is 0.0412. The van der Waals surface area contributed by atoms with E-state index < -0.39 is 5.97 Å². The Labute approximate surface area is 197 Å². The van der Waals surface area contributed by atoms with Gasteiger partial charge in [0.1, 0.15) is 19.0 Å². The van der Waals surface area contributed by atoms with Crippen LogP contribution in [0, 0.1) is 0 Å². The summed E-state index contributed by atoms with van der Waals surface area (Å²) < 4.78 is 13.2. The van der Waals surface area contributed by atoms with Crippen LogP contribution in [0.25, 0.3) is 11.0 Å². The van der Waals surface area contributed by atoms with Crippen molar-refractivity contribution in [1.82, 2.24) is 14.9 Å². The van der Waals surface area contributed by atoms with Gasteiger partial charge in [0, 0.05) is 24.6 Å². The molecule has 0 saturated heterocycles. The maximum Gasteiger partial charge on any atom is 0.336 e. The number of carboxylic acid groups (broad SMARTS) is 1. The predicted octanol–water partition coefficient (Wildman–Crippen LogP) is 4.06. The third-order valence-corrected chi connectivity index (χ3v) is 6.94. The lowest BCUT2D eigenvalue weighted by molar-refractivity contribution is 0.0695. The van der Waals surface area contributed by atoms with E-state index in [9.17, 15) is 14.7 Å². The Morgan fingerprint density at radius 3 is 2.71 bits per heavy atom. The number of fused-ring (bicyclic) bond motifs is 2. The van der Waals surface area contributed by atoms with E-state index in [4.69, 9.17) is 14.5 Å². The standard InChI is InChI=1S/C26H29N3O5/c1-3-18-19(26(31)32)8-9-20-23(18)29(2)24(28-20)15-5-4-6-17(13-15)27-25(30)16-7-10-21-22(14-16)34-12-11-33-21/h7-10,14-15,17H,3-6,11-13H2,1-2H3,(H,27,30)(H,31,32). The van der Waals surface area contributed by atoms with Crippen LogP contribution in [0.1, 0.15) is 70.6 Å². The molecule has 0 radical (unpaired) electrons. The number of carboxylic acids is 1. The van der Waals surface area contributed by atoms with Gasteiger partial charge in [0.15, 0.2) is 11.5 Å². The lowest BCUT2D eigenvalue weighted by atomic mass is 9.85. The summed E-state index contributed by atoms with van der Waals surface area (Å²) in [6, 6.07) is 8.77. The summed E-state index contributed by atoms with van der Waals surface area (Å²) in [5.74, 6) is 1.38. The fraction of sp³-hybridized carbons (Fsp3) is 0.423. The van der Waals surface area contributed by atoms with Gasteiger partial charge in [0.25, 0.3) is 5.91 Å². The fourth-order valence-electron chi connectivity index (χ4n) is 5.33. The number of amides is 1. The summed E-state index contributed by atoms with van der Waals surface area (Å²) in [5, 5.41) is 12.8. The quantitative estimate of drug-likeness (QED) is 0.592. The third-order valence-electron chi connectivity index (χ3n) is 6.94. The van der Waals surface area contributed by atoms with Gasteiger partial charge < -0.3 is 24.5 Å². The topological polar surface area (TPSA) is 103 Å². The second-order valence-electron chi connectivity index (χ2n) is 9.04. The summed E-state index contributed by atoms with van der Waals surface area (Å²) in [4.78, 5) is 29.5. The van der Waals surface area contributed by atoms with Crippen LogP contribution in [0.3, 0.4) is 0 Å². The van der Waals surface area contributed by atoms with Crippen LogP contribution in [0.2, 0.25) is 0 Å². The smallest absolute Gasteiger partial charge is 0.336 e. The molecule has 2 unspecified atom stereocenters. The molecule has 1 fully saturated rings. The Morgan fingerprint density at radius 1 is 1.15 bits per heavy atom. The summed E-state index contributed by atoms with van der Waals surface area (Å²) in [7, 11) is 1.97. The zero-order valence-electron chi connectivity index (χ0n) is 19.5. The number of aromatic nitrogens is 2. The molecule has 1 aromatic heterocycles. The number of imidazole rings is 1. The average Bonchev–Trinajstić information content (AvgIpc) is 3.19. The van der Waals surface area contributed by atoms with Crippen LogP contribution >= 0.6 is 0 Å². The Bertz CT molecular complexity index is 1270. The van der Waals surface area contributed by atoms with Gasteiger partial charge >= 0.3 is 5.97 Å². The van der Waals surface area contributed by atoms with Gasteiger partial charge in [-0.1, -0.05) is 13.3 Å². The van der Waals surface area contributed by atoms with Gasteiger partial charge in [-0.15, -0.1) is 0 Å². The van der Waals surface area contributed by atoms with Gasteiger partial charge in [0.2, 0.25) is 0 Å². The summed E-state index contributed by atoms with van der Waals surface area (Å²) in [6.07, 6.45) is 4.30. The first kappa shape index (κ1) is 22.3. The number of aromatic carboxylic acids is 1. The number of hydrogen-bond acceptors (Lipinski definition) is 5. The van der Waals surface area contributed by atoms with Crippen molar-refractivity contribution in [3.8, 4) is 11.5 Å². The molecule has 0 bridgehead atoms. The Balaban J connectivity index is 1.36. The lowest BCUT2D eigenvalue weighted by Gasteiger charge is -2.29. The molecular formula is C26H29N3O5. The number of rotatable bonds is 5. The largest absolute Gasteiger partial charge is 0.486 e. The van der Waals surface area contributed by atoms with E-state index in [0.29, 0.717) is 42.3 Å². The maximum absolute atomic E-state index is 13.0. The van der Waals surface area contributed by atoms with Crippen molar-refractivity contribution < 1.29 is 24.2 Å². The second kappa shape index (κ2) is 9.00. The van der Waals surface area contributed by atoms with E-state index in [2.05, 4.69) is 9.88 Å². The molecule has 8 heteroatoms. The van der Waals surface area contributed by atoms with Crippen LogP contribution < -0.4 is 14.8 Å². The highest BCUT2D eigenvalue weighted by Crippen LogP contribution is 2.36. The van der Waals surface area contributed by atoms with Crippen molar-refractivity contribution in [2.45, 2.75) is 51.0 Å². The molecule has 8 nitrogen and oxygen atoms in total. The van der Waals surface area contributed by atoms with Crippen molar-refractivity contribution >= 4 is 22.9 Å². The molecule has 3 aromatic rings. The van der Waals surface area contributed by atoms with Gasteiger partial charge in [0.05, 0.1) is 16.6 Å². The minimum atomic E-state index is -0.916. The van der Waals surface area contributed by atoms with Crippen LogP contribution in [-0.4, -0.2) is 45.8 Å². The number of carbonyl (C=O) groups excluding carboxylic acids is 1. The molecule has 1 saturated carbocycles. The Hall–Kier alpha value is -3.55. The highest BCUT2D eigenvalue weighted by Gasteiger charge is 2.29. The fourth-order valence-corrected chi connectivity index (χ4v) is 5.33. The summed E-state index contributed by atoms with van der Waals surface area (Å²) >= 11 is 0. The highest BCUT2D eigenvalue weighted by molar-refractivity contribution is 5.96. The van der Waals surface area contributed by atoms with Crippen molar-refractivity contribution in [3.63, 3.8) is 0 Å². The normalized spacial score (nSPS) is 19.7. The van der Waals surface area contributed by atoms with E-state index in [1.54, 1.807) is 30.3 Å². The van der Waals surface area contributed by atoms with Crippen molar-refractivity contribution in [2.75, 3.05) is 13.2 Å². The first-order valence-corrected chi connectivity index (χ1v) is 11.9. The molecule has 178 valence electrons. The molecule has 2 aromatic carbocycles. The molecule has 5 rings (SSSR count). The number of nitrogens with one attached hydrogen (secondary N) is 1. The number of nitrogens with zero attached hydrogens (tertiary/aromatic N) is 2. The van der Waals surface area contributed by atoms with Crippen molar-refractivity contribution in [2.24, 2.45) is 7.05 Å². The van der Waals surface area contributed by atoms with E-state index in [-0.39, 0.29) is 17.9 Å².